The number of rotatable bonds is 9. The molecule has 2 aromatic rings. The summed E-state index contributed by atoms with van der Waals surface area (Å²) in [6.07, 6.45) is 0.274. The van der Waals surface area contributed by atoms with Crippen molar-refractivity contribution in [3.05, 3.63) is 59.7 Å². The Morgan fingerprint density at radius 3 is 1.93 bits per heavy atom. The van der Waals surface area contributed by atoms with E-state index < -0.39 is 30.4 Å². The standard InChI is InChI=1S/C24H30O6/c1-4-5-6-7-20(25)23-24(26)30-22(17-10-14-19(28-3)15-11-17)21(29-23)16-8-12-18(27-2)13-9-16/h8-15,20-23,25H,4-7H2,1-3H3/t20-,21-,22-,23-/m0/s1. The molecule has 6 heteroatoms. The highest BCUT2D eigenvalue weighted by atomic mass is 16.6. The van der Waals surface area contributed by atoms with Crippen LogP contribution in [0.5, 0.6) is 11.5 Å². The van der Waals surface area contributed by atoms with Crippen LogP contribution in [0.2, 0.25) is 0 Å². The molecule has 1 aliphatic rings. The maximum atomic E-state index is 12.7. The number of methoxy groups -OCH3 is 2. The van der Waals surface area contributed by atoms with E-state index in [0.29, 0.717) is 12.2 Å². The lowest BCUT2D eigenvalue weighted by Gasteiger charge is -2.37. The third-order valence-electron chi connectivity index (χ3n) is 5.39. The molecular weight excluding hydrogens is 384 g/mol. The van der Waals surface area contributed by atoms with E-state index in [1.165, 1.54) is 0 Å². The summed E-state index contributed by atoms with van der Waals surface area (Å²) >= 11 is 0. The zero-order valence-electron chi connectivity index (χ0n) is 17.7. The number of unbranched alkanes of at least 4 members (excludes halogenated alkanes) is 2. The van der Waals surface area contributed by atoms with Crippen molar-refractivity contribution in [3.8, 4) is 11.5 Å². The molecule has 1 aliphatic heterocycles. The number of hydrogen-bond donors (Lipinski definition) is 1. The molecule has 1 N–H and O–H groups in total. The molecule has 0 amide bonds. The van der Waals surface area contributed by atoms with Crippen LogP contribution in [-0.4, -0.2) is 37.5 Å². The fraction of sp³-hybridized carbons (Fsp3) is 0.458. The Morgan fingerprint density at radius 1 is 0.900 bits per heavy atom. The molecule has 6 nitrogen and oxygen atoms in total. The summed E-state index contributed by atoms with van der Waals surface area (Å²) in [6, 6.07) is 14.8. The largest absolute Gasteiger partial charge is 0.497 e. The molecule has 1 fully saturated rings. The van der Waals surface area contributed by atoms with Gasteiger partial charge in [-0.15, -0.1) is 0 Å². The highest BCUT2D eigenvalue weighted by Crippen LogP contribution is 2.41. The van der Waals surface area contributed by atoms with E-state index >= 15 is 0 Å². The van der Waals surface area contributed by atoms with Gasteiger partial charge in [0.25, 0.3) is 0 Å². The summed E-state index contributed by atoms with van der Waals surface area (Å²) in [5.74, 6) is 0.903. The van der Waals surface area contributed by atoms with Gasteiger partial charge in [0.2, 0.25) is 0 Å². The molecule has 0 bridgehead atoms. The molecular formula is C24H30O6. The Labute approximate surface area is 177 Å². The normalized spacial score (nSPS) is 22.3. The summed E-state index contributed by atoms with van der Waals surface area (Å²) in [5, 5.41) is 10.6. The van der Waals surface area contributed by atoms with Crippen molar-refractivity contribution < 1.29 is 28.8 Å². The molecule has 1 saturated heterocycles. The van der Waals surface area contributed by atoms with Gasteiger partial charge in [-0.1, -0.05) is 50.5 Å². The van der Waals surface area contributed by atoms with E-state index in [2.05, 4.69) is 6.92 Å². The van der Waals surface area contributed by atoms with Crippen LogP contribution in [0.15, 0.2) is 48.5 Å². The zero-order valence-corrected chi connectivity index (χ0v) is 17.7. The van der Waals surface area contributed by atoms with Crippen molar-refractivity contribution in [2.24, 2.45) is 0 Å². The van der Waals surface area contributed by atoms with Crippen molar-refractivity contribution in [2.45, 2.75) is 57.0 Å². The van der Waals surface area contributed by atoms with E-state index in [1.54, 1.807) is 14.2 Å². The summed E-state index contributed by atoms with van der Waals surface area (Å²) < 4.78 is 22.5. The fourth-order valence-electron chi connectivity index (χ4n) is 3.62. The molecule has 0 radical (unpaired) electrons. The van der Waals surface area contributed by atoms with Crippen molar-refractivity contribution in [2.75, 3.05) is 14.2 Å². The third-order valence-corrected chi connectivity index (χ3v) is 5.39. The summed E-state index contributed by atoms with van der Waals surface area (Å²) in [5.41, 5.74) is 1.64. The number of carbonyl (C=O) groups is 1. The predicted octanol–water partition coefficient (Wildman–Crippen LogP) is 4.37. The van der Waals surface area contributed by atoms with Crippen LogP contribution in [0, 0.1) is 0 Å². The lowest BCUT2D eigenvalue weighted by molar-refractivity contribution is -0.216. The number of aliphatic hydroxyl groups excluding tert-OH is 1. The maximum Gasteiger partial charge on any atom is 0.338 e. The Balaban J connectivity index is 1.87. The van der Waals surface area contributed by atoms with Gasteiger partial charge in [-0.25, -0.2) is 4.79 Å². The van der Waals surface area contributed by atoms with Gasteiger partial charge in [0, 0.05) is 0 Å². The Morgan fingerprint density at radius 2 is 1.43 bits per heavy atom. The van der Waals surface area contributed by atoms with Crippen LogP contribution in [0.25, 0.3) is 0 Å². The van der Waals surface area contributed by atoms with Gasteiger partial charge in [-0.2, -0.15) is 0 Å². The van der Waals surface area contributed by atoms with E-state index in [4.69, 9.17) is 18.9 Å². The quantitative estimate of drug-likeness (QED) is 0.485. The number of aliphatic hydroxyl groups is 1. The minimum absolute atomic E-state index is 0.496. The second kappa shape index (κ2) is 10.5. The number of benzene rings is 2. The third kappa shape index (κ3) is 5.12. The van der Waals surface area contributed by atoms with E-state index in [0.717, 1.165) is 36.1 Å². The van der Waals surface area contributed by atoms with Gasteiger partial charge in [0.15, 0.2) is 12.2 Å². The SMILES string of the molecule is CCCCC[C@H](O)[C@@H]1O[C@@H](c2ccc(OC)cc2)[C@H](c2ccc(OC)cc2)OC1=O. The first-order chi connectivity index (χ1) is 14.6. The summed E-state index contributed by atoms with van der Waals surface area (Å²) in [6.45, 7) is 2.09. The maximum absolute atomic E-state index is 12.7. The number of hydrogen-bond acceptors (Lipinski definition) is 6. The molecule has 0 unspecified atom stereocenters. The number of cyclic esters (lactones) is 1. The van der Waals surface area contributed by atoms with Gasteiger partial charge >= 0.3 is 5.97 Å². The molecule has 162 valence electrons. The van der Waals surface area contributed by atoms with Crippen molar-refractivity contribution in [3.63, 3.8) is 0 Å². The molecule has 1 heterocycles. The van der Waals surface area contributed by atoms with Crippen molar-refractivity contribution in [1.29, 1.82) is 0 Å². The predicted molar refractivity (Wildman–Crippen MR) is 113 cm³/mol. The van der Waals surface area contributed by atoms with Gasteiger partial charge in [0.05, 0.1) is 20.3 Å². The smallest absolute Gasteiger partial charge is 0.338 e. The highest BCUT2D eigenvalue weighted by molar-refractivity contribution is 5.76. The first-order valence-electron chi connectivity index (χ1n) is 10.4. The van der Waals surface area contributed by atoms with Crippen LogP contribution in [0.1, 0.15) is 55.9 Å². The fourth-order valence-corrected chi connectivity index (χ4v) is 3.62. The van der Waals surface area contributed by atoms with Crippen LogP contribution >= 0.6 is 0 Å². The van der Waals surface area contributed by atoms with Crippen LogP contribution in [0.3, 0.4) is 0 Å². The monoisotopic (exact) mass is 414 g/mol. The van der Waals surface area contributed by atoms with Gasteiger partial charge in [0.1, 0.15) is 17.6 Å². The Kier molecular flexibility index (Phi) is 7.71. The molecule has 0 saturated carbocycles. The minimum Gasteiger partial charge on any atom is -0.497 e. The topological polar surface area (TPSA) is 74.2 Å². The number of esters is 1. The molecule has 0 aromatic heterocycles. The van der Waals surface area contributed by atoms with Crippen molar-refractivity contribution in [1.82, 2.24) is 0 Å². The lowest BCUT2D eigenvalue weighted by Crippen LogP contribution is -2.45. The minimum atomic E-state index is -1.01. The van der Waals surface area contributed by atoms with E-state index in [-0.39, 0.29) is 0 Å². The van der Waals surface area contributed by atoms with E-state index in [9.17, 15) is 9.90 Å². The second-order valence-corrected chi connectivity index (χ2v) is 7.44. The van der Waals surface area contributed by atoms with Gasteiger partial charge < -0.3 is 24.1 Å². The molecule has 30 heavy (non-hydrogen) atoms. The number of carbonyl (C=O) groups excluding carboxylic acids is 1. The lowest BCUT2D eigenvalue weighted by atomic mass is 9.95. The van der Waals surface area contributed by atoms with Crippen LogP contribution in [0.4, 0.5) is 0 Å². The Hall–Kier alpha value is -2.57. The summed E-state index contributed by atoms with van der Waals surface area (Å²) in [7, 11) is 3.21. The highest BCUT2D eigenvalue weighted by Gasteiger charge is 2.43. The number of ether oxygens (including phenoxy) is 4. The molecule has 4 atom stereocenters. The molecule has 0 spiro atoms. The molecule has 3 rings (SSSR count). The average molecular weight is 414 g/mol. The Bertz CT molecular complexity index is 801. The second-order valence-electron chi connectivity index (χ2n) is 7.44. The van der Waals surface area contributed by atoms with Crippen LogP contribution in [-0.2, 0) is 14.3 Å². The first-order valence-corrected chi connectivity index (χ1v) is 10.4. The molecule has 2 aromatic carbocycles. The zero-order chi connectivity index (χ0) is 21.5. The van der Waals surface area contributed by atoms with E-state index in [1.807, 2.05) is 48.5 Å². The average Bonchev–Trinajstić information content (AvgIpc) is 2.79. The van der Waals surface area contributed by atoms with Gasteiger partial charge in [-0.3, -0.25) is 0 Å². The van der Waals surface area contributed by atoms with Crippen LogP contribution < -0.4 is 9.47 Å². The summed E-state index contributed by atoms with van der Waals surface area (Å²) in [4.78, 5) is 12.7. The first kappa shape index (κ1) is 22.1. The molecule has 0 aliphatic carbocycles. The van der Waals surface area contributed by atoms with Gasteiger partial charge in [-0.05, 0) is 41.8 Å². The van der Waals surface area contributed by atoms with Crippen molar-refractivity contribution >= 4 is 5.97 Å².